The molecule has 0 aliphatic heterocycles. The van der Waals surface area contributed by atoms with Crippen molar-refractivity contribution in [3.05, 3.63) is 69.4 Å². The number of amides is 1. The van der Waals surface area contributed by atoms with Gasteiger partial charge in [0.2, 0.25) is 0 Å². The van der Waals surface area contributed by atoms with Crippen molar-refractivity contribution in [1.29, 1.82) is 0 Å². The Labute approximate surface area is 177 Å². The highest BCUT2D eigenvalue weighted by atomic mass is 35.5. The van der Waals surface area contributed by atoms with Crippen LogP contribution in [0.15, 0.2) is 46.9 Å². The number of carbonyl (C=O) groups is 1. The Morgan fingerprint density at radius 3 is 2.46 bits per heavy atom. The molecule has 0 unspecified atom stereocenters. The van der Waals surface area contributed by atoms with Crippen molar-refractivity contribution in [1.82, 2.24) is 5.32 Å². The van der Waals surface area contributed by atoms with Gasteiger partial charge in [-0.2, -0.15) is 0 Å². The van der Waals surface area contributed by atoms with E-state index in [1.54, 1.807) is 36.4 Å². The molecule has 1 amide bonds. The van der Waals surface area contributed by atoms with Gasteiger partial charge in [0, 0.05) is 5.56 Å². The van der Waals surface area contributed by atoms with Gasteiger partial charge in [0.05, 0.1) is 15.7 Å². The molecule has 28 heavy (non-hydrogen) atoms. The number of aromatic hydroxyl groups is 1. The third-order valence-corrected chi connectivity index (χ3v) is 5.06. The predicted molar refractivity (Wildman–Crippen MR) is 115 cm³/mol. The number of thiocarbonyl (C=S) groups is 1. The minimum Gasteiger partial charge on any atom is -0.506 e. The highest BCUT2D eigenvalue weighted by Crippen LogP contribution is 2.30. The Bertz CT molecular complexity index is 1080. The number of phenols is 1. The molecule has 3 rings (SSSR count). The van der Waals surface area contributed by atoms with E-state index in [-0.39, 0.29) is 16.6 Å². The van der Waals surface area contributed by atoms with Gasteiger partial charge < -0.3 is 14.8 Å². The van der Waals surface area contributed by atoms with E-state index < -0.39 is 5.91 Å². The van der Waals surface area contributed by atoms with Crippen LogP contribution in [0.5, 0.6) is 5.75 Å². The SMILES string of the molecule is Cc1cc(O)c(NC(=S)NC(=O)c2ccc(-c3ccc(Cl)c(Cl)c3)o2)cc1C. The zero-order valence-corrected chi connectivity index (χ0v) is 17.3. The molecule has 8 heteroatoms. The Balaban J connectivity index is 1.70. The fraction of sp³-hybridized carbons (Fsp3) is 0.100. The van der Waals surface area contributed by atoms with Gasteiger partial charge in [-0.15, -0.1) is 0 Å². The van der Waals surface area contributed by atoms with Gasteiger partial charge in [-0.3, -0.25) is 10.1 Å². The number of aryl methyl sites for hydroxylation is 2. The van der Waals surface area contributed by atoms with E-state index in [0.717, 1.165) is 11.1 Å². The fourth-order valence-electron chi connectivity index (χ4n) is 2.48. The minimum absolute atomic E-state index is 0.0380. The first kappa shape index (κ1) is 20.2. The van der Waals surface area contributed by atoms with Gasteiger partial charge >= 0.3 is 0 Å². The number of nitrogens with one attached hydrogen (secondary N) is 2. The normalized spacial score (nSPS) is 10.6. The van der Waals surface area contributed by atoms with Crippen molar-refractivity contribution >= 4 is 52.1 Å². The van der Waals surface area contributed by atoms with E-state index in [2.05, 4.69) is 10.6 Å². The van der Waals surface area contributed by atoms with Crippen LogP contribution in [0, 0.1) is 13.8 Å². The van der Waals surface area contributed by atoms with Crippen LogP contribution < -0.4 is 10.6 Å². The summed E-state index contributed by atoms with van der Waals surface area (Å²) in [6.07, 6.45) is 0. The van der Waals surface area contributed by atoms with Crippen molar-refractivity contribution < 1.29 is 14.3 Å². The van der Waals surface area contributed by atoms with Gasteiger partial charge in [0.15, 0.2) is 10.9 Å². The Morgan fingerprint density at radius 2 is 1.75 bits per heavy atom. The maximum atomic E-state index is 12.4. The molecule has 0 aliphatic rings. The fourth-order valence-corrected chi connectivity index (χ4v) is 2.98. The summed E-state index contributed by atoms with van der Waals surface area (Å²) < 4.78 is 5.59. The summed E-state index contributed by atoms with van der Waals surface area (Å²) in [6, 6.07) is 11.6. The monoisotopic (exact) mass is 434 g/mol. The number of hydrogen-bond donors (Lipinski definition) is 3. The van der Waals surface area contributed by atoms with Gasteiger partial charge in [-0.1, -0.05) is 23.2 Å². The molecule has 0 saturated heterocycles. The molecule has 0 aliphatic carbocycles. The van der Waals surface area contributed by atoms with Crippen LogP contribution >= 0.6 is 35.4 Å². The van der Waals surface area contributed by atoms with E-state index in [9.17, 15) is 9.90 Å². The summed E-state index contributed by atoms with van der Waals surface area (Å²) in [5, 5.41) is 16.2. The van der Waals surface area contributed by atoms with Crippen molar-refractivity contribution in [3.63, 3.8) is 0 Å². The first-order valence-electron chi connectivity index (χ1n) is 8.22. The van der Waals surface area contributed by atoms with Crippen molar-refractivity contribution in [3.8, 4) is 17.1 Å². The molecule has 0 radical (unpaired) electrons. The number of carbonyl (C=O) groups excluding carboxylic acids is 1. The van der Waals surface area contributed by atoms with Crippen LogP contribution in [0.2, 0.25) is 10.0 Å². The standard InChI is InChI=1S/C20H16Cl2N2O3S/c1-10-7-15(16(25)8-11(10)2)23-20(28)24-19(26)18-6-5-17(27-18)12-3-4-13(21)14(22)9-12/h3-9,25H,1-2H3,(H2,23,24,26,28). The zero-order valence-electron chi connectivity index (χ0n) is 15.0. The number of furan rings is 1. The molecule has 144 valence electrons. The first-order chi connectivity index (χ1) is 13.2. The molecule has 0 bridgehead atoms. The first-order valence-corrected chi connectivity index (χ1v) is 9.39. The Hall–Kier alpha value is -2.54. The molecule has 5 nitrogen and oxygen atoms in total. The van der Waals surface area contributed by atoms with Crippen LogP contribution in [0.1, 0.15) is 21.7 Å². The highest BCUT2D eigenvalue weighted by Gasteiger charge is 2.15. The van der Waals surface area contributed by atoms with Gasteiger partial charge in [0.25, 0.3) is 5.91 Å². The van der Waals surface area contributed by atoms with E-state index in [0.29, 0.717) is 27.1 Å². The number of hydrogen-bond acceptors (Lipinski definition) is 4. The Morgan fingerprint density at radius 1 is 1.04 bits per heavy atom. The lowest BCUT2D eigenvalue weighted by atomic mass is 10.1. The van der Waals surface area contributed by atoms with E-state index in [1.165, 1.54) is 6.07 Å². The molecule has 0 atom stereocenters. The van der Waals surface area contributed by atoms with Crippen LogP contribution in [-0.2, 0) is 0 Å². The zero-order chi connectivity index (χ0) is 20.4. The lowest BCUT2D eigenvalue weighted by Crippen LogP contribution is -2.33. The summed E-state index contributed by atoms with van der Waals surface area (Å²) >= 11 is 17.1. The molecular formula is C20H16Cl2N2O3S. The summed E-state index contributed by atoms with van der Waals surface area (Å²) in [4.78, 5) is 12.4. The average molecular weight is 435 g/mol. The summed E-state index contributed by atoms with van der Waals surface area (Å²) in [6.45, 7) is 3.80. The molecule has 0 fully saturated rings. The van der Waals surface area contributed by atoms with Crippen LogP contribution in [0.3, 0.4) is 0 Å². The molecule has 0 spiro atoms. The van der Waals surface area contributed by atoms with E-state index >= 15 is 0 Å². The molecule has 0 saturated carbocycles. The lowest BCUT2D eigenvalue weighted by Gasteiger charge is -2.12. The summed E-state index contributed by atoms with van der Waals surface area (Å²) in [5.41, 5.74) is 3.02. The van der Waals surface area contributed by atoms with Gasteiger partial charge in [-0.25, -0.2) is 0 Å². The molecule has 1 aromatic heterocycles. The van der Waals surface area contributed by atoms with Gasteiger partial charge in [-0.05, 0) is 79.7 Å². The lowest BCUT2D eigenvalue weighted by molar-refractivity contribution is 0.0951. The third kappa shape index (κ3) is 4.47. The highest BCUT2D eigenvalue weighted by molar-refractivity contribution is 7.80. The minimum atomic E-state index is -0.521. The molecule has 2 aromatic carbocycles. The molecule has 3 aromatic rings. The number of anilines is 1. The topological polar surface area (TPSA) is 74.5 Å². The van der Waals surface area contributed by atoms with Crippen LogP contribution in [0.4, 0.5) is 5.69 Å². The summed E-state index contributed by atoms with van der Waals surface area (Å²) in [5.74, 6) is 0.0654. The maximum absolute atomic E-state index is 12.4. The smallest absolute Gasteiger partial charge is 0.293 e. The average Bonchev–Trinajstić information content (AvgIpc) is 3.12. The van der Waals surface area contributed by atoms with Crippen molar-refractivity contribution in [2.45, 2.75) is 13.8 Å². The van der Waals surface area contributed by atoms with Crippen LogP contribution in [-0.4, -0.2) is 16.1 Å². The Kier molecular flexibility index (Phi) is 5.93. The molecule has 3 N–H and O–H groups in total. The second kappa shape index (κ2) is 8.22. The van der Waals surface area contributed by atoms with E-state index in [1.807, 2.05) is 13.8 Å². The van der Waals surface area contributed by atoms with Gasteiger partial charge in [0.1, 0.15) is 11.5 Å². The maximum Gasteiger partial charge on any atom is 0.293 e. The second-order valence-electron chi connectivity index (χ2n) is 6.15. The largest absolute Gasteiger partial charge is 0.506 e. The second-order valence-corrected chi connectivity index (χ2v) is 7.38. The quantitative estimate of drug-likeness (QED) is 0.363. The number of halogens is 2. The van der Waals surface area contributed by atoms with Crippen molar-refractivity contribution in [2.24, 2.45) is 0 Å². The molecule has 1 heterocycles. The molecular weight excluding hydrogens is 419 g/mol. The van der Waals surface area contributed by atoms with Crippen molar-refractivity contribution in [2.75, 3.05) is 5.32 Å². The third-order valence-electron chi connectivity index (χ3n) is 4.12. The summed E-state index contributed by atoms with van der Waals surface area (Å²) in [7, 11) is 0. The number of rotatable bonds is 3. The van der Waals surface area contributed by atoms with E-state index in [4.69, 9.17) is 39.8 Å². The number of benzene rings is 2. The predicted octanol–water partition coefficient (Wildman–Crippen LogP) is 5.70. The number of phenolic OH excluding ortho intramolecular Hbond substituents is 1. The van der Waals surface area contributed by atoms with Crippen LogP contribution in [0.25, 0.3) is 11.3 Å².